The molecule has 2 N–H and O–H groups in total. The van der Waals surface area contributed by atoms with Crippen LogP contribution < -0.4 is 10.6 Å². The molecule has 21 heavy (non-hydrogen) atoms. The van der Waals surface area contributed by atoms with Crippen molar-refractivity contribution in [3.05, 3.63) is 24.3 Å². The highest BCUT2D eigenvalue weighted by Crippen LogP contribution is 2.36. The lowest BCUT2D eigenvalue weighted by Gasteiger charge is -2.07. The van der Waals surface area contributed by atoms with Gasteiger partial charge in [-0.2, -0.15) is 0 Å². The molecule has 3 rings (SSSR count). The van der Waals surface area contributed by atoms with E-state index in [1.54, 1.807) is 0 Å². The lowest BCUT2D eigenvalue weighted by Crippen LogP contribution is -2.29. The van der Waals surface area contributed by atoms with Crippen LogP contribution in [0.2, 0.25) is 0 Å². The highest BCUT2D eigenvalue weighted by molar-refractivity contribution is 5.89. The first-order valence-electron chi connectivity index (χ1n) is 7.21. The van der Waals surface area contributed by atoms with E-state index in [9.17, 15) is 4.79 Å². The Bertz CT molecular complexity index is 617. The van der Waals surface area contributed by atoms with Crippen LogP contribution in [0.4, 0.5) is 10.5 Å². The molecule has 1 aromatic heterocycles. The van der Waals surface area contributed by atoms with Gasteiger partial charge in [0.2, 0.25) is 0 Å². The topological polar surface area (TPSA) is 84.7 Å². The third kappa shape index (κ3) is 3.18. The van der Waals surface area contributed by atoms with Gasteiger partial charge < -0.3 is 10.6 Å². The molecule has 1 aliphatic rings. The Morgan fingerprint density at radius 2 is 2.10 bits per heavy atom. The summed E-state index contributed by atoms with van der Waals surface area (Å²) in [5, 5.41) is 17.4. The average molecular weight is 286 g/mol. The van der Waals surface area contributed by atoms with E-state index in [-0.39, 0.29) is 6.03 Å². The zero-order valence-electron chi connectivity index (χ0n) is 11.9. The molecule has 2 amide bonds. The van der Waals surface area contributed by atoms with Gasteiger partial charge in [-0.3, -0.25) is 0 Å². The number of carbonyl (C=O) groups excluding carboxylic acids is 1. The minimum atomic E-state index is -0.188. The Kier molecular flexibility index (Phi) is 3.81. The lowest BCUT2D eigenvalue weighted by molar-refractivity contribution is 0.252. The van der Waals surface area contributed by atoms with Crippen molar-refractivity contribution < 1.29 is 4.79 Å². The van der Waals surface area contributed by atoms with Gasteiger partial charge in [-0.05, 0) is 54.0 Å². The van der Waals surface area contributed by atoms with E-state index in [2.05, 4.69) is 26.2 Å². The van der Waals surface area contributed by atoms with E-state index in [0.29, 0.717) is 12.6 Å². The number of nitrogens with zero attached hydrogens (tertiary/aromatic N) is 4. The quantitative estimate of drug-likeness (QED) is 0.882. The van der Waals surface area contributed by atoms with Gasteiger partial charge in [-0.25, -0.2) is 9.48 Å². The number of tetrazole rings is 1. The van der Waals surface area contributed by atoms with Crippen LogP contribution in [-0.2, 0) is 0 Å². The molecule has 1 fully saturated rings. The molecule has 1 saturated carbocycles. The van der Waals surface area contributed by atoms with E-state index in [0.717, 1.165) is 36.3 Å². The van der Waals surface area contributed by atoms with E-state index >= 15 is 0 Å². The molecule has 0 unspecified atom stereocenters. The molecular formula is C14H18N6O. The summed E-state index contributed by atoms with van der Waals surface area (Å²) in [7, 11) is 0. The number of amides is 2. The van der Waals surface area contributed by atoms with E-state index < -0.39 is 0 Å². The number of aromatic nitrogens is 4. The average Bonchev–Trinajstić information content (AvgIpc) is 3.23. The van der Waals surface area contributed by atoms with Crippen molar-refractivity contribution in [3.63, 3.8) is 0 Å². The van der Waals surface area contributed by atoms with Gasteiger partial charge >= 0.3 is 6.03 Å². The van der Waals surface area contributed by atoms with Gasteiger partial charge in [0.05, 0.1) is 6.04 Å². The van der Waals surface area contributed by atoms with Crippen LogP contribution in [0.3, 0.4) is 0 Å². The van der Waals surface area contributed by atoms with Crippen molar-refractivity contribution >= 4 is 11.7 Å². The Balaban J connectivity index is 1.69. The largest absolute Gasteiger partial charge is 0.338 e. The first kappa shape index (κ1) is 13.5. The second-order valence-corrected chi connectivity index (χ2v) is 5.14. The highest BCUT2D eigenvalue weighted by Gasteiger charge is 2.28. The van der Waals surface area contributed by atoms with Gasteiger partial charge in [0.15, 0.2) is 5.82 Å². The van der Waals surface area contributed by atoms with E-state index in [1.165, 1.54) is 0 Å². The second kappa shape index (κ2) is 5.90. The van der Waals surface area contributed by atoms with Crippen molar-refractivity contribution in [1.29, 1.82) is 0 Å². The molecule has 2 aromatic rings. The second-order valence-electron chi connectivity index (χ2n) is 5.14. The van der Waals surface area contributed by atoms with Gasteiger partial charge in [0.1, 0.15) is 0 Å². The van der Waals surface area contributed by atoms with E-state index in [4.69, 9.17) is 0 Å². The summed E-state index contributed by atoms with van der Waals surface area (Å²) in [4.78, 5) is 11.6. The molecule has 0 atom stereocenters. The maximum Gasteiger partial charge on any atom is 0.319 e. The Labute approximate surface area is 122 Å². The van der Waals surface area contributed by atoms with Crippen molar-refractivity contribution in [2.24, 2.45) is 0 Å². The number of rotatable bonds is 5. The van der Waals surface area contributed by atoms with Crippen LogP contribution in [-0.4, -0.2) is 32.8 Å². The highest BCUT2D eigenvalue weighted by atomic mass is 16.2. The molecule has 0 radical (unpaired) electrons. The predicted octanol–water partition coefficient (Wildman–Crippen LogP) is 2.21. The van der Waals surface area contributed by atoms with Gasteiger partial charge in [-0.1, -0.05) is 6.92 Å². The summed E-state index contributed by atoms with van der Waals surface area (Å²) in [5.41, 5.74) is 1.70. The minimum absolute atomic E-state index is 0.188. The van der Waals surface area contributed by atoms with Gasteiger partial charge in [-0.15, -0.1) is 5.10 Å². The molecular weight excluding hydrogens is 268 g/mol. The lowest BCUT2D eigenvalue weighted by atomic mass is 10.2. The third-order valence-corrected chi connectivity index (χ3v) is 3.32. The third-order valence-electron chi connectivity index (χ3n) is 3.32. The SMILES string of the molecule is CCCNC(=O)Nc1ccc(-c2nnnn2C2CC2)cc1. The standard InChI is InChI=1S/C14H18N6O/c1-2-9-15-14(21)16-11-5-3-10(4-6-11)13-17-18-19-20(13)12-7-8-12/h3-6,12H,2,7-9H2,1H3,(H2,15,16,21). The number of anilines is 1. The Morgan fingerprint density at radius 3 is 2.76 bits per heavy atom. The number of carbonyl (C=O) groups is 1. The molecule has 7 heteroatoms. The monoisotopic (exact) mass is 286 g/mol. The smallest absolute Gasteiger partial charge is 0.319 e. The molecule has 7 nitrogen and oxygen atoms in total. The van der Waals surface area contributed by atoms with Crippen LogP contribution in [0, 0.1) is 0 Å². The zero-order chi connectivity index (χ0) is 14.7. The zero-order valence-corrected chi connectivity index (χ0v) is 11.9. The molecule has 0 aliphatic heterocycles. The molecule has 1 aliphatic carbocycles. The predicted molar refractivity (Wildman–Crippen MR) is 78.8 cm³/mol. The molecule has 1 heterocycles. The van der Waals surface area contributed by atoms with Crippen LogP contribution in [0.5, 0.6) is 0 Å². The van der Waals surface area contributed by atoms with E-state index in [1.807, 2.05) is 35.9 Å². The molecule has 110 valence electrons. The van der Waals surface area contributed by atoms with Crippen molar-refractivity contribution in [1.82, 2.24) is 25.5 Å². The Morgan fingerprint density at radius 1 is 1.33 bits per heavy atom. The summed E-state index contributed by atoms with van der Waals surface area (Å²) in [6, 6.07) is 7.79. The summed E-state index contributed by atoms with van der Waals surface area (Å²) < 4.78 is 1.87. The summed E-state index contributed by atoms with van der Waals surface area (Å²) in [6.45, 7) is 2.68. The molecule has 0 saturated heterocycles. The normalized spacial score (nSPS) is 14.0. The minimum Gasteiger partial charge on any atom is -0.338 e. The fourth-order valence-corrected chi connectivity index (χ4v) is 2.07. The van der Waals surface area contributed by atoms with Gasteiger partial charge in [0.25, 0.3) is 0 Å². The fraction of sp³-hybridized carbons (Fsp3) is 0.429. The van der Waals surface area contributed by atoms with Crippen molar-refractivity contribution in [2.45, 2.75) is 32.2 Å². The fourth-order valence-electron chi connectivity index (χ4n) is 2.07. The maximum atomic E-state index is 11.6. The van der Waals surface area contributed by atoms with Crippen LogP contribution >= 0.6 is 0 Å². The van der Waals surface area contributed by atoms with Crippen LogP contribution in [0.25, 0.3) is 11.4 Å². The first-order chi connectivity index (χ1) is 10.3. The van der Waals surface area contributed by atoms with Crippen molar-refractivity contribution in [3.8, 4) is 11.4 Å². The molecule has 0 spiro atoms. The molecule has 0 bridgehead atoms. The summed E-state index contributed by atoms with van der Waals surface area (Å²) in [5.74, 6) is 0.777. The number of hydrogen-bond acceptors (Lipinski definition) is 4. The first-order valence-corrected chi connectivity index (χ1v) is 7.21. The number of nitrogens with one attached hydrogen (secondary N) is 2. The summed E-state index contributed by atoms with van der Waals surface area (Å²) >= 11 is 0. The number of benzene rings is 1. The number of hydrogen-bond donors (Lipinski definition) is 2. The summed E-state index contributed by atoms with van der Waals surface area (Å²) in [6.07, 6.45) is 3.18. The molecule has 1 aromatic carbocycles. The number of urea groups is 1. The van der Waals surface area contributed by atoms with Crippen LogP contribution in [0.1, 0.15) is 32.2 Å². The van der Waals surface area contributed by atoms with Crippen LogP contribution in [0.15, 0.2) is 24.3 Å². The Hall–Kier alpha value is -2.44. The maximum absolute atomic E-state index is 11.6. The van der Waals surface area contributed by atoms with Gasteiger partial charge in [0, 0.05) is 17.8 Å². The van der Waals surface area contributed by atoms with Crippen molar-refractivity contribution in [2.75, 3.05) is 11.9 Å².